The molecule has 1 amide bonds. The summed E-state index contributed by atoms with van der Waals surface area (Å²) in [5.41, 5.74) is 0. The predicted octanol–water partition coefficient (Wildman–Crippen LogP) is 18.9. The van der Waals surface area contributed by atoms with Gasteiger partial charge in [0, 0.05) is 12.8 Å². The van der Waals surface area contributed by atoms with Crippen LogP contribution in [-0.4, -0.2) is 69.4 Å². The number of hydrogen-bond donors (Lipinski definition) is 1. The second-order valence-corrected chi connectivity index (χ2v) is 23.6. The van der Waals surface area contributed by atoms with E-state index in [1.54, 1.807) is 0 Å². The molecule has 1 N–H and O–H groups in total. The Morgan fingerprint density at radius 1 is 0.481 bits per heavy atom. The van der Waals surface area contributed by atoms with Crippen molar-refractivity contribution >= 4 is 19.7 Å². The Kier molecular flexibility index (Phi) is 54.0. The van der Waals surface area contributed by atoms with Crippen LogP contribution in [0.3, 0.4) is 0 Å². The maximum absolute atomic E-state index is 13.5. The van der Waals surface area contributed by atoms with E-state index in [4.69, 9.17) is 13.8 Å². The second kappa shape index (κ2) is 56.2. The van der Waals surface area contributed by atoms with Gasteiger partial charge in [0.15, 0.2) is 0 Å². The first-order valence-electron chi connectivity index (χ1n) is 31.6. The molecule has 0 saturated carbocycles. The number of amides is 1. The van der Waals surface area contributed by atoms with Gasteiger partial charge in [0.25, 0.3) is 7.82 Å². The highest BCUT2D eigenvalue weighted by Crippen LogP contribution is 2.38. The zero-order valence-electron chi connectivity index (χ0n) is 50.6. The average Bonchev–Trinajstić information content (AvgIpc) is 3.39. The number of ether oxygens (including phenoxy) is 1. The third-order valence-electron chi connectivity index (χ3n) is 13.6. The molecule has 10 heteroatoms. The molecule has 9 nitrogen and oxygen atoms in total. The van der Waals surface area contributed by atoms with E-state index in [2.05, 4.69) is 111 Å². The molecule has 0 aromatic rings. The zero-order valence-corrected chi connectivity index (χ0v) is 51.5. The molecule has 0 saturated heterocycles. The highest BCUT2D eigenvalue weighted by atomic mass is 31.2. The van der Waals surface area contributed by atoms with Crippen LogP contribution < -0.4 is 10.2 Å². The van der Waals surface area contributed by atoms with Crippen molar-refractivity contribution in [1.82, 2.24) is 5.32 Å². The number of carbonyl (C=O) groups is 2. The number of allylic oxidation sites excluding steroid dienone is 15. The first-order valence-corrected chi connectivity index (χ1v) is 33.0. The minimum absolute atomic E-state index is 0.0312. The van der Waals surface area contributed by atoms with Gasteiger partial charge in [-0.3, -0.25) is 14.2 Å². The van der Waals surface area contributed by atoms with Crippen molar-refractivity contribution in [2.75, 3.05) is 40.9 Å². The number of hydrogen-bond acceptors (Lipinski definition) is 7. The third-order valence-corrected chi connectivity index (χ3v) is 14.5. The van der Waals surface area contributed by atoms with Gasteiger partial charge in [-0.2, -0.15) is 0 Å². The summed E-state index contributed by atoms with van der Waals surface area (Å²) in [6, 6.07) is -0.905. The number of rotatable bonds is 56. The molecular formula is C67H119N2O7P. The van der Waals surface area contributed by atoms with Crippen LogP contribution in [0.15, 0.2) is 97.2 Å². The topological polar surface area (TPSA) is 114 Å². The average molecular weight is 1100 g/mol. The normalized spacial score (nSPS) is 14.3. The van der Waals surface area contributed by atoms with E-state index in [9.17, 15) is 19.0 Å². The molecule has 0 bridgehead atoms. The van der Waals surface area contributed by atoms with Crippen molar-refractivity contribution in [3.05, 3.63) is 97.2 Å². The van der Waals surface area contributed by atoms with Crippen molar-refractivity contribution in [3.63, 3.8) is 0 Å². The summed E-state index contributed by atoms with van der Waals surface area (Å²) < 4.78 is 30.3. The number of quaternary nitrogens is 1. The summed E-state index contributed by atoms with van der Waals surface area (Å²) in [7, 11) is 1.16. The summed E-state index contributed by atoms with van der Waals surface area (Å²) >= 11 is 0. The molecule has 0 radical (unpaired) electrons. The predicted molar refractivity (Wildman–Crippen MR) is 330 cm³/mol. The van der Waals surface area contributed by atoms with Crippen LogP contribution >= 0.6 is 7.82 Å². The van der Waals surface area contributed by atoms with Crippen LogP contribution in [0.25, 0.3) is 0 Å². The minimum atomic E-state index is -4.71. The second-order valence-electron chi connectivity index (χ2n) is 22.2. The molecule has 0 spiro atoms. The Bertz CT molecular complexity index is 1640. The lowest BCUT2D eigenvalue weighted by Crippen LogP contribution is -2.47. The molecule has 0 aliphatic carbocycles. The van der Waals surface area contributed by atoms with E-state index < -0.39 is 26.6 Å². The van der Waals surface area contributed by atoms with Crippen molar-refractivity contribution < 1.29 is 37.3 Å². The summed E-state index contributed by atoms with van der Waals surface area (Å²) in [4.78, 5) is 40.0. The molecule has 3 atom stereocenters. The van der Waals surface area contributed by atoms with Crippen LogP contribution in [0.2, 0.25) is 0 Å². The quantitative estimate of drug-likeness (QED) is 0.0161. The Hall–Kier alpha value is -3.07. The number of carbonyl (C=O) groups excluding carboxylic acids is 2. The molecular weight excluding hydrogens is 976 g/mol. The van der Waals surface area contributed by atoms with E-state index in [-0.39, 0.29) is 24.9 Å². The third kappa shape index (κ3) is 57.4. The molecule has 0 aromatic heterocycles. The molecule has 0 heterocycles. The van der Waals surface area contributed by atoms with Gasteiger partial charge in [-0.1, -0.05) is 253 Å². The Morgan fingerprint density at radius 2 is 0.883 bits per heavy atom. The summed E-state index contributed by atoms with van der Waals surface area (Å²) in [5, 5.41) is 3.02. The van der Waals surface area contributed by atoms with Crippen LogP contribution in [0, 0.1) is 0 Å². The maximum atomic E-state index is 13.5. The molecule has 77 heavy (non-hydrogen) atoms. The number of nitrogens with zero attached hydrogens (tertiary/aromatic N) is 1. The lowest BCUT2D eigenvalue weighted by molar-refractivity contribution is -0.870. The van der Waals surface area contributed by atoms with E-state index in [0.29, 0.717) is 23.9 Å². The molecule has 0 fully saturated rings. The Balaban J connectivity index is 5.27. The first kappa shape index (κ1) is 73.9. The molecule has 0 aromatic carbocycles. The lowest BCUT2D eigenvalue weighted by Gasteiger charge is -2.30. The van der Waals surface area contributed by atoms with Gasteiger partial charge in [-0.15, -0.1) is 0 Å². The monoisotopic (exact) mass is 1090 g/mol. The van der Waals surface area contributed by atoms with Crippen LogP contribution in [-0.2, 0) is 27.9 Å². The van der Waals surface area contributed by atoms with Crippen LogP contribution in [0.4, 0.5) is 0 Å². The van der Waals surface area contributed by atoms with Crippen LogP contribution in [0.1, 0.15) is 265 Å². The van der Waals surface area contributed by atoms with E-state index in [1.807, 2.05) is 33.3 Å². The molecule has 444 valence electrons. The van der Waals surface area contributed by atoms with Gasteiger partial charge in [0.1, 0.15) is 19.3 Å². The lowest BCUT2D eigenvalue weighted by atomic mass is 10.0. The van der Waals surface area contributed by atoms with Crippen molar-refractivity contribution in [2.24, 2.45) is 0 Å². The summed E-state index contributed by atoms with van der Waals surface area (Å²) in [5.74, 6) is -0.569. The van der Waals surface area contributed by atoms with Crippen molar-refractivity contribution in [3.8, 4) is 0 Å². The maximum Gasteiger partial charge on any atom is 0.306 e. The van der Waals surface area contributed by atoms with Crippen molar-refractivity contribution in [1.29, 1.82) is 0 Å². The van der Waals surface area contributed by atoms with E-state index in [1.165, 1.54) is 122 Å². The zero-order chi connectivity index (χ0) is 56.4. The Morgan fingerprint density at radius 3 is 1.38 bits per heavy atom. The summed E-state index contributed by atoms with van der Waals surface area (Å²) in [6.45, 7) is 6.67. The molecule has 0 aliphatic heterocycles. The van der Waals surface area contributed by atoms with Gasteiger partial charge in [0.2, 0.25) is 5.91 Å². The van der Waals surface area contributed by atoms with Gasteiger partial charge in [-0.25, -0.2) is 0 Å². The molecule has 0 aliphatic rings. The van der Waals surface area contributed by atoms with Gasteiger partial charge >= 0.3 is 5.97 Å². The summed E-state index contributed by atoms with van der Waals surface area (Å²) in [6.07, 6.45) is 75.1. The van der Waals surface area contributed by atoms with Gasteiger partial charge in [0.05, 0.1) is 33.8 Å². The smallest absolute Gasteiger partial charge is 0.306 e. The van der Waals surface area contributed by atoms with Crippen LogP contribution in [0.5, 0.6) is 0 Å². The molecule has 0 rings (SSSR count). The van der Waals surface area contributed by atoms with E-state index >= 15 is 0 Å². The fraction of sp³-hybridized carbons (Fsp3) is 0.731. The standard InChI is InChI=1S/C67H119N2O7P/c1-7-10-13-16-19-22-25-28-30-31-32-33-34-35-36-37-39-41-44-47-50-53-56-59-66(70)68-64(63-75-77(72,73)74-62-61-69(4,5)6)65(58-55-52-49-46-43-40-27-24-21-18-15-12-9-3)76-67(71)60-57-54-51-48-45-42-38-29-26-23-20-17-14-11-8-2/h11,14,17,19-20,22-23,26,28,30,32-33,35-36,55,58,64-65H,7-10,12-13,15-16,18,21,24-25,27,29,31,34,37-54,56-57,59-63H2,1-6H3,(H-,68,70,72,73)/b14-11+,20-17+,22-19-,26-23+,30-28-,33-32-,36-35-,58-55-. The number of unbranched alkanes of at least 4 members (excludes halogenated alkanes) is 28. The number of nitrogens with one attached hydrogen (secondary N) is 1. The van der Waals surface area contributed by atoms with Crippen molar-refractivity contribution in [2.45, 2.75) is 277 Å². The fourth-order valence-electron chi connectivity index (χ4n) is 8.68. The van der Waals surface area contributed by atoms with E-state index in [0.717, 1.165) is 103 Å². The number of phosphoric acid groups is 1. The number of likely N-dealkylation sites (N-methyl/N-ethyl adjacent to an activating group) is 1. The number of phosphoric ester groups is 1. The minimum Gasteiger partial charge on any atom is -0.756 e. The SMILES string of the molecule is CC/C=C/C=C/C=C/CCCCCCCCCC(=O)OC(/C=C\CCCCCCCCCCCCC)C(COP(=O)([O-])OCC[N+](C)(C)C)NC(=O)CCCCCCCCC/C=C\C/C=C\C/C=C\C/C=C\CCCCC. The largest absolute Gasteiger partial charge is 0.756 e. The highest BCUT2D eigenvalue weighted by molar-refractivity contribution is 7.45. The number of esters is 1. The highest BCUT2D eigenvalue weighted by Gasteiger charge is 2.27. The van der Waals surface area contributed by atoms with Gasteiger partial charge in [-0.05, 0) is 96.0 Å². The fourth-order valence-corrected chi connectivity index (χ4v) is 9.40. The Labute approximate surface area is 475 Å². The van der Waals surface area contributed by atoms with Gasteiger partial charge < -0.3 is 28.5 Å². The molecule has 3 unspecified atom stereocenters. The first-order chi connectivity index (χ1) is 37.4.